The number of nitrogens with zero attached hydrogens (tertiary/aromatic N) is 1. The van der Waals surface area contributed by atoms with Gasteiger partial charge in [0.2, 0.25) is 0 Å². The van der Waals surface area contributed by atoms with Gasteiger partial charge in [0.25, 0.3) is 0 Å². The molecule has 4 heteroatoms. The molecule has 0 aliphatic carbocycles. The molecule has 2 nitrogen and oxygen atoms in total. The maximum absolute atomic E-state index is 6.28. The van der Waals surface area contributed by atoms with Crippen molar-refractivity contribution in [3.05, 3.63) is 34.9 Å². The number of hydrogen-bond donors (Lipinski definition) is 1. The SMILES string of the molecule is CC1CCCN(C(C(N)=S)c2ccccc2Cl)C1. The van der Waals surface area contributed by atoms with Crippen molar-refractivity contribution in [3.63, 3.8) is 0 Å². The van der Waals surface area contributed by atoms with E-state index in [0.717, 1.165) is 23.7 Å². The fourth-order valence-corrected chi connectivity index (χ4v) is 3.20. The van der Waals surface area contributed by atoms with Crippen LogP contribution in [0.5, 0.6) is 0 Å². The van der Waals surface area contributed by atoms with Crippen LogP contribution in [0.1, 0.15) is 31.4 Å². The first-order chi connectivity index (χ1) is 8.59. The highest BCUT2D eigenvalue weighted by Gasteiger charge is 2.28. The van der Waals surface area contributed by atoms with Crippen LogP contribution in [0, 0.1) is 5.92 Å². The Labute approximate surface area is 119 Å². The molecule has 98 valence electrons. The number of thiocarbonyl (C=S) groups is 1. The van der Waals surface area contributed by atoms with Crippen LogP contribution in [-0.4, -0.2) is 23.0 Å². The second-order valence-corrected chi connectivity index (χ2v) is 5.95. The van der Waals surface area contributed by atoms with E-state index in [1.807, 2.05) is 24.3 Å². The predicted octanol–water partition coefficient (Wildman–Crippen LogP) is 3.40. The number of benzene rings is 1. The average molecular weight is 283 g/mol. The summed E-state index contributed by atoms with van der Waals surface area (Å²) in [6.45, 7) is 4.35. The first kappa shape index (κ1) is 13.8. The van der Waals surface area contributed by atoms with Crippen molar-refractivity contribution in [2.75, 3.05) is 13.1 Å². The lowest BCUT2D eigenvalue weighted by Gasteiger charge is -2.37. The van der Waals surface area contributed by atoms with E-state index in [9.17, 15) is 0 Å². The van der Waals surface area contributed by atoms with Crippen molar-refractivity contribution in [1.29, 1.82) is 0 Å². The molecule has 1 heterocycles. The Morgan fingerprint density at radius 1 is 1.50 bits per heavy atom. The number of piperidine rings is 1. The van der Waals surface area contributed by atoms with E-state index < -0.39 is 0 Å². The van der Waals surface area contributed by atoms with Crippen molar-refractivity contribution in [2.45, 2.75) is 25.8 Å². The Bertz CT molecular complexity index is 436. The Morgan fingerprint density at radius 2 is 2.22 bits per heavy atom. The second-order valence-electron chi connectivity index (χ2n) is 5.07. The van der Waals surface area contributed by atoms with Crippen LogP contribution in [-0.2, 0) is 0 Å². The standard InChI is InChI=1S/C14H19ClN2S/c1-10-5-4-8-17(9-10)13(14(16)18)11-6-2-3-7-12(11)15/h2-3,6-7,10,13H,4-5,8-9H2,1H3,(H2,16,18). The summed E-state index contributed by atoms with van der Waals surface area (Å²) in [7, 11) is 0. The van der Waals surface area contributed by atoms with Crippen LogP contribution in [0.2, 0.25) is 5.02 Å². The van der Waals surface area contributed by atoms with Gasteiger partial charge in [-0.1, -0.05) is 48.9 Å². The van der Waals surface area contributed by atoms with Crippen LogP contribution in [0.3, 0.4) is 0 Å². The van der Waals surface area contributed by atoms with Gasteiger partial charge in [-0.25, -0.2) is 0 Å². The van der Waals surface area contributed by atoms with Crippen molar-refractivity contribution in [2.24, 2.45) is 11.7 Å². The van der Waals surface area contributed by atoms with E-state index in [0.29, 0.717) is 10.9 Å². The van der Waals surface area contributed by atoms with Gasteiger partial charge in [-0.05, 0) is 36.9 Å². The Morgan fingerprint density at radius 3 is 2.83 bits per heavy atom. The van der Waals surface area contributed by atoms with E-state index in [-0.39, 0.29) is 6.04 Å². The van der Waals surface area contributed by atoms with Gasteiger partial charge in [0, 0.05) is 11.6 Å². The quantitative estimate of drug-likeness (QED) is 0.862. The lowest BCUT2D eigenvalue weighted by atomic mass is 9.96. The normalized spacial score (nSPS) is 22.7. The molecule has 2 atom stereocenters. The maximum atomic E-state index is 6.28. The Hall–Kier alpha value is -0.640. The fourth-order valence-electron chi connectivity index (χ4n) is 2.69. The first-order valence-electron chi connectivity index (χ1n) is 6.37. The molecule has 0 amide bonds. The lowest BCUT2D eigenvalue weighted by Crippen LogP contribution is -2.42. The lowest BCUT2D eigenvalue weighted by molar-refractivity contribution is 0.162. The highest BCUT2D eigenvalue weighted by atomic mass is 35.5. The molecule has 0 radical (unpaired) electrons. The zero-order chi connectivity index (χ0) is 13.1. The molecule has 1 aromatic rings. The van der Waals surface area contributed by atoms with Crippen LogP contribution >= 0.6 is 23.8 Å². The summed E-state index contributed by atoms with van der Waals surface area (Å²) in [6.07, 6.45) is 2.48. The van der Waals surface area contributed by atoms with Crippen molar-refractivity contribution in [3.8, 4) is 0 Å². The maximum Gasteiger partial charge on any atom is 0.0948 e. The topological polar surface area (TPSA) is 29.3 Å². The third kappa shape index (κ3) is 3.02. The van der Waals surface area contributed by atoms with Crippen LogP contribution in [0.15, 0.2) is 24.3 Å². The molecule has 1 aliphatic rings. The second kappa shape index (κ2) is 6.00. The van der Waals surface area contributed by atoms with Gasteiger partial charge in [0.05, 0.1) is 11.0 Å². The summed E-state index contributed by atoms with van der Waals surface area (Å²) in [5, 5.41) is 0.744. The molecule has 18 heavy (non-hydrogen) atoms. The predicted molar refractivity (Wildman–Crippen MR) is 80.9 cm³/mol. The molecule has 0 bridgehead atoms. The molecule has 2 rings (SSSR count). The average Bonchev–Trinajstić information content (AvgIpc) is 2.32. The zero-order valence-electron chi connectivity index (χ0n) is 10.6. The van der Waals surface area contributed by atoms with Gasteiger partial charge in [-0.3, -0.25) is 4.90 Å². The van der Waals surface area contributed by atoms with Crippen LogP contribution in [0.4, 0.5) is 0 Å². The zero-order valence-corrected chi connectivity index (χ0v) is 12.2. The van der Waals surface area contributed by atoms with Crippen molar-refractivity contribution < 1.29 is 0 Å². The number of halogens is 1. The van der Waals surface area contributed by atoms with E-state index in [4.69, 9.17) is 29.6 Å². The van der Waals surface area contributed by atoms with Crippen molar-refractivity contribution >= 4 is 28.8 Å². The molecular weight excluding hydrogens is 264 g/mol. The van der Waals surface area contributed by atoms with Gasteiger partial charge >= 0.3 is 0 Å². The molecule has 0 saturated carbocycles. The summed E-state index contributed by atoms with van der Waals surface area (Å²) in [5.74, 6) is 0.693. The molecule has 2 unspecified atom stereocenters. The minimum absolute atomic E-state index is 0.0311. The third-order valence-electron chi connectivity index (χ3n) is 3.52. The number of likely N-dealkylation sites (tertiary alicyclic amines) is 1. The molecule has 1 fully saturated rings. The summed E-state index contributed by atoms with van der Waals surface area (Å²) in [5.41, 5.74) is 6.97. The largest absolute Gasteiger partial charge is 0.392 e. The van der Waals surface area contributed by atoms with Crippen LogP contribution in [0.25, 0.3) is 0 Å². The van der Waals surface area contributed by atoms with Crippen LogP contribution < -0.4 is 5.73 Å². The molecule has 0 aromatic heterocycles. The molecule has 1 saturated heterocycles. The van der Waals surface area contributed by atoms with E-state index in [1.165, 1.54) is 12.8 Å². The van der Waals surface area contributed by atoms with Gasteiger partial charge in [-0.15, -0.1) is 0 Å². The summed E-state index contributed by atoms with van der Waals surface area (Å²) in [4.78, 5) is 2.87. The highest BCUT2D eigenvalue weighted by Crippen LogP contribution is 2.31. The number of hydrogen-bond acceptors (Lipinski definition) is 2. The first-order valence-corrected chi connectivity index (χ1v) is 7.16. The summed E-state index contributed by atoms with van der Waals surface area (Å²) >= 11 is 11.5. The van der Waals surface area contributed by atoms with E-state index in [2.05, 4.69) is 11.8 Å². The van der Waals surface area contributed by atoms with Crippen molar-refractivity contribution in [1.82, 2.24) is 4.90 Å². The molecule has 2 N–H and O–H groups in total. The molecule has 0 spiro atoms. The molecule has 1 aromatic carbocycles. The van der Waals surface area contributed by atoms with Gasteiger partial charge < -0.3 is 5.73 Å². The van der Waals surface area contributed by atoms with Gasteiger partial charge in [0.15, 0.2) is 0 Å². The Kier molecular flexibility index (Phi) is 4.60. The Balaban J connectivity index is 2.28. The number of nitrogens with two attached hydrogens (primary N) is 1. The fraction of sp³-hybridized carbons (Fsp3) is 0.500. The van der Waals surface area contributed by atoms with E-state index in [1.54, 1.807) is 0 Å². The summed E-state index contributed by atoms with van der Waals surface area (Å²) in [6, 6.07) is 7.80. The minimum atomic E-state index is -0.0311. The van der Waals surface area contributed by atoms with E-state index >= 15 is 0 Å². The molecular formula is C14H19ClN2S. The summed E-state index contributed by atoms with van der Waals surface area (Å²) < 4.78 is 0. The monoisotopic (exact) mass is 282 g/mol. The third-order valence-corrected chi connectivity index (χ3v) is 4.09. The van der Waals surface area contributed by atoms with Gasteiger partial charge in [0.1, 0.15) is 0 Å². The smallest absolute Gasteiger partial charge is 0.0948 e. The number of rotatable bonds is 3. The molecule has 1 aliphatic heterocycles. The minimum Gasteiger partial charge on any atom is -0.392 e. The highest BCUT2D eigenvalue weighted by molar-refractivity contribution is 7.80. The van der Waals surface area contributed by atoms with Gasteiger partial charge in [-0.2, -0.15) is 0 Å².